The summed E-state index contributed by atoms with van der Waals surface area (Å²) in [5, 5.41) is 8.00. The van der Waals surface area contributed by atoms with Crippen LogP contribution >= 0.6 is 0 Å². The van der Waals surface area contributed by atoms with Crippen LogP contribution in [0.1, 0.15) is 57.5 Å². The minimum absolute atomic E-state index is 0.316. The number of rotatable bonds is 7. The molecule has 0 aliphatic rings. The van der Waals surface area contributed by atoms with E-state index in [0.717, 1.165) is 48.8 Å². The first-order valence-electron chi connectivity index (χ1n) is 7.87. The maximum absolute atomic E-state index is 4.60. The summed E-state index contributed by atoms with van der Waals surface area (Å²) in [5.74, 6) is 1.87. The van der Waals surface area contributed by atoms with Crippen molar-refractivity contribution >= 4 is 0 Å². The second kappa shape index (κ2) is 7.31. The van der Waals surface area contributed by atoms with E-state index in [2.05, 4.69) is 60.2 Å². The van der Waals surface area contributed by atoms with E-state index in [0.29, 0.717) is 6.04 Å². The molecule has 0 radical (unpaired) electrons. The maximum atomic E-state index is 4.60. The van der Waals surface area contributed by atoms with Gasteiger partial charge in [0.1, 0.15) is 5.82 Å². The van der Waals surface area contributed by atoms with Gasteiger partial charge in [0.25, 0.3) is 0 Å². The molecule has 2 heterocycles. The summed E-state index contributed by atoms with van der Waals surface area (Å²) >= 11 is 0. The average Bonchev–Trinajstić information content (AvgIpc) is 2.96. The standard InChI is InChI=1S/C16H25N5/c1-5-13(17-8-4)14-10-9-12(11-18-14)21-16(7-3)19-15(6-2)20-21/h9-11,13,17H,5-8H2,1-4H3. The molecule has 0 fully saturated rings. The summed E-state index contributed by atoms with van der Waals surface area (Å²) in [6.07, 6.45) is 4.64. The van der Waals surface area contributed by atoms with Crippen LogP contribution in [0.2, 0.25) is 0 Å². The lowest BCUT2D eigenvalue weighted by Gasteiger charge is -2.15. The van der Waals surface area contributed by atoms with Crippen LogP contribution in [0.25, 0.3) is 5.69 Å². The molecule has 0 saturated carbocycles. The predicted octanol–water partition coefficient (Wildman–Crippen LogP) is 2.85. The molecule has 114 valence electrons. The highest BCUT2D eigenvalue weighted by atomic mass is 15.4. The van der Waals surface area contributed by atoms with E-state index >= 15 is 0 Å². The Bertz CT molecular complexity index is 559. The number of nitrogens with zero attached hydrogens (tertiary/aromatic N) is 4. The third-order valence-electron chi connectivity index (χ3n) is 3.58. The summed E-state index contributed by atoms with van der Waals surface area (Å²) in [4.78, 5) is 9.14. The number of nitrogens with one attached hydrogen (secondary N) is 1. The van der Waals surface area contributed by atoms with E-state index in [9.17, 15) is 0 Å². The van der Waals surface area contributed by atoms with Crippen molar-refractivity contribution in [2.24, 2.45) is 0 Å². The molecular weight excluding hydrogens is 262 g/mol. The van der Waals surface area contributed by atoms with Gasteiger partial charge in [-0.15, -0.1) is 0 Å². The van der Waals surface area contributed by atoms with Crippen LogP contribution in [0.4, 0.5) is 0 Å². The molecule has 5 nitrogen and oxygen atoms in total. The Morgan fingerprint density at radius 2 is 1.95 bits per heavy atom. The van der Waals surface area contributed by atoms with Gasteiger partial charge in [-0.1, -0.05) is 27.7 Å². The van der Waals surface area contributed by atoms with Crippen LogP contribution in [0.5, 0.6) is 0 Å². The second-order valence-electron chi connectivity index (χ2n) is 5.02. The minimum atomic E-state index is 0.316. The lowest BCUT2D eigenvalue weighted by atomic mass is 10.1. The molecule has 0 saturated heterocycles. The Kier molecular flexibility index (Phi) is 5.44. The summed E-state index contributed by atoms with van der Waals surface area (Å²) in [5.41, 5.74) is 2.06. The largest absolute Gasteiger partial charge is 0.309 e. The molecule has 0 aromatic carbocycles. The maximum Gasteiger partial charge on any atom is 0.151 e. The van der Waals surface area contributed by atoms with Gasteiger partial charge in [0, 0.05) is 18.9 Å². The fourth-order valence-electron chi connectivity index (χ4n) is 2.41. The highest BCUT2D eigenvalue weighted by Crippen LogP contribution is 2.16. The molecule has 2 rings (SSSR count). The van der Waals surface area contributed by atoms with Crippen LogP contribution in [0.15, 0.2) is 18.3 Å². The molecular formula is C16H25N5. The SMILES string of the molecule is CCNC(CC)c1ccc(-n2nc(CC)nc2CC)cn1. The van der Waals surface area contributed by atoms with E-state index in [-0.39, 0.29) is 0 Å². The summed E-state index contributed by atoms with van der Waals surface area (Å²) in [6, 6.07) is 4.48. The van der Waals surface area contributed by atoms with Crippen LogP contribution in [-0.4, -0.2) is 26.3 Å². The fraction of sp³-hybridized carbons (Fsp3) is 0.562. The molecule has 0 aliphatic carbocycles. The van der Waals surface area contributed by atoms with Crippen molar-refractivity contribution in [1.29, 1.82) is 0 Å². The third-order valence-corrected chi connectivity index (χ3v) is 3.58. The topological polar surface area (TPSA) is 55.6 Å². The van der Waals surface area contributed by atoms with Crippen molar-refractivity contribution in [2.45, 2.75) is 53.0 Å². The lowest BCUT2D eigenvalue weighted by Crippen LogP contribution is -2.21. The van der Waals surface area contributed by atoms with Crippen molar-refractivity contribution < 1.29 is 0 Å². The van der Waals surface area contributed by atoms with Crippen molar-refractivity contribution in [1.82, 2.24) is 25.1 Å². The van der Waals surface area contributed by atoms with E-state index in [1.165, 1.54) is 0 Å². The molecule has 0 aliphatic heterocycles. The van der Waals surface area contributed by atoms with Gasteiger partial charge in [-0.3, -0.25) is 4.98 Å². The Morgan fingerprint density at radius 3 is 2.48 bits per heavy atom. The number of aryl methyl sites for hydroxylation is 2. The predicted molar refractivity (Wildman–Crippen MR) is 84.6 cm³/mol. The van der Waals surface area contributed by atoms with Crippen molar-refractivity contribution in [3.63, 3.8) is 0 Å². The highest BCUT2D eigenvalue weighted by Gasteiger charge is 2.12. The van der Waals surface area contributed by atoms with Crippen LogP contribution in [-0.2, 0) is 12.8 Å². The zero-order valence-electron chi connectivity index (χ0n) is 13.4. The van der Waals surface area contributed by atoms with E-state index in [1.54, 1.807) is 0 Å². The van der Waals surface area contributed by atoms with E-state index < -0.39 is 0 Å². The second-order valence-corrected chi connectivity index (χ2v) is 5.02. The molecule has 1 unspecified atom stereocenters. The van der Waals surface area contributed by atoms with Gasteiger partial charge in [0.2, 0.25) is 0 Å². The van der Waals surface area contributed by atoms with Crippen molar-refractivity contribution in [3.05, 3.63) is 35.7 Å². The van der Waals surface area contributed by atoms with Crippen molar-refractivity contribution in [3.8, 4) is 5.69 Å². The molecule has 0 bridgehead atoms. The van der Waals surface area contributed by atoms with E-state index in [4.69, 9.17) is 0 Å². The third kappa shape index (κ3) is 3.47. The van der Waals surface area contributed by atoms with Gasteiger partial charge in [-0.05, 0) is 25.1 Å². The van der Waals surface area contributed by atoms with Gasteiger partial charge in [0.15, 0.2) is 5.82 Å². The molecule has 0 spiro atoms. The molecule has 1 N–H and O–H groups in total. The first kappa shape index (κ1) is 15.6. The number of hydrogen-bond acceptors (Lipinski definition) is 4. The molecule has 1 atom stereocenters. The Morgan fingerprint density at radius 1 is 1.14 bits per heavy atom. The van der Waals surface area contributed by atoms with E-state index in [1.807, 2.05) is 10.9 Å². The Balaban J connectivity index is 2.28. The summed E-state index contributed by atoms with van der Waals surface area (Å²) in [6.45, 7) is 9.41. The lowest BCUT2D eigenvalue weighted by molar-refractivity contribution is 0.524. The highest BCUT2D eigenvalue weighted by molar-refractivity contribution is 5.30. The Labute approximate surface area is 126 Å². The van der Waals surface area contributed by atoms with Crippen molar-refractivity contribution in [2.75, 3.05) is 6.54 Å². The number of pyridine rings is 1. The molecule has 0 amide bonds. The Hall–Kier alpha value is -1.75. The molecule has 2 aromatic rings. The van der Waals surface area contributed by atoms with Crippen LogP contribution < -0.4 is 5.32 Å². The molecule has 21 heavy (non-hydrogen) atoms. The first-order valence-corrected chi connectivity index (χ1v) is 7.87. The number of aromatic nitrogens is 4. The number of hydrogen-bond donors (Lipinski definition) is 1. The minimum Gasteiger partial charge on any atom is -0.309 e. The van der Waals surface area contributed by atoms with Crippen LogP contribution in [0.3, 0.4) is 0 Å². The monoisotopic (exact) mass is 287 g/mol. The van der Waals surface area contributed by atoms with Gasteiger partial charge >= 0.3 is 0 Å². The van der Waals surface area contributed by atoms with Gasteiger partial charge in [-0.2, -0.15) is 5.10 Å². The van der Waals surface area contributed by atoms with Gasteiger partial charge in [0.05, 0.1) is 17.6 Å². The van der Waals surface area contributed by atoms with Gasteiger partial charge < -0.3 is 5.32 Å². The molecule has 5 heteroatoms. The van der Waals surface area contributed by atoms with Gasteiger partial charge in [-0.25, -0.2) is 9.67 Å². The molecule has 2 aromatic heterocycles. The average molecular weight is 287 g/mol. The fourth-order valence-corrected chi connectivity index (χ4v) is 2.41. The quantitative estimate of drug-likeness (QED) is 0.851. The zero-order valence-corrected chi connectivity index (χ0v) is 13.4. The summed E-state index contributed by atoms with van der Waals surface area (Å²) in [7, 11) is 0. The normalized spacial score (nSPS) is 12.6. The van der Waals surface area contributed by atoms with Crippen LogP contribution in [0, 0.1) is 0 Å². The smallest absolute Gasteiger partial charge is 0.151 e. The zero-order chi connectivity index (χ0) is 15.2. The summed E-state index contributed by atoms with van der Waals surface area (Å²) < 4.78 is 1.91. The first-order chi connectivity index (χ1) is 10.2.